The van der Waals surface area contributed by atoms with Crippen LogP contribution in [0, 0.1) is 13.8 Å². The van der Waals surface area contributed by atoms with E-state index in [4.69, 9.17) is 0 Å². The number of rotatable bonds is 5. The van der Waals surface area contributed by atoms with Crippen LogP contribution in [-0.2, 0) is 13.1 Å². The van der Waals surface area contributed by atoms with E-state index >= 15 is 0 Å². The largest absolute Gasteiger partial charge is 0.305 e. The van der Waals surface area contributed by atoms with Crippen LogP contribution >= 0.6 is 15.9 Å². The van der Waals surface area contributed by atoms with Crippen LogP contribution in [0.2, 0.25) is 0 Å². The van der Waals surface area contributed by atoms with Crippen molar-refractivity contribution < 1.29 is 0 Å². The molecule has 1 atom stereocenters. The van der Waals surface area contributed by atoms with E-state index in [9.17, 15) is 0 Å². The van der Waals surface area contributed by atoms with Crippen molar-refractivity contribution in [2.75, 3.05) is 0 Å². The highest BCUT2D eigenvalue weighted by Crippen LogP contribution is 2.22. The molecule has 2 rings (SSSR count). The van der Waals surface area contributed by atoms with E-state index < -0.39 is 0 Å². The van der Waals surface area contributed by atoms with Crippen molar-refractivity contribution in [3.8, 4) is 0 Å². The molecular formula is C16H22BrN3. The lowest BCUT2D eigenvalue weighted by atomic mass is 10.1. The summed E-state index contributed by atoms with van der Waals surface area (Å²) in [6.45, 7) is 10.2. The summed E-state index contributed by atoms with van der Waals surface area (Å²) in [5, 5.41) is 8.10. The standard InChI is InChI=1S/C16H22BrN3/c1-5-20-15(16(17)13(4)19-20)10-18-12(3)14-8-6-7-11(2)9-14/h6-9,12,18H,5,10H2,1-4H3/t12-/m0/s1. The molecule has 1 heterocycles. The number of nitrogens with zero attached hydrogens (tertiary/aromatic N) is 2. The van der Waals surface area contributed by atoms with Crippen LogP contribution in [0.5, 0.6) is 0 Å². The van der Waals surface area contributed by atoms with Crippen LogP contribution in [0.15, 0.2) is 28.7 Å². The topological polar surface area (TPSA) is 29.9 Å². The summed E-state index contributed by atoms with van der Waals surface area (Å²) in [6, 6.07) is 8.96. The van der Waals surface area contributed by atoms with Gasteiger partial charge in [-0.15, -0.1) is 0 Å². The van der Waals surface area contributed by atoms with E-state index in [0.717, 1.165) is 23.3 Å². The second-order valence-corrected chi connectivity index (χ2v) is 5.97. The Balaban J connectivity index is 2.09. The predicted molar refractivity (Wildman–Crippen MR) is 86.8 cm³/mol. The predicted octanol–water partition coefficient (Wildman–Crippen LogP) is 4.13. The van der Waals surface area contributed by atoms with E-state index in [2.05, 4.69) is 76.1 Å². The van der Waals surface area contributed by atoms with Crippen molar-refractivity contribution in [3.63, 3.8) is 0 Å². The number of benzene rings is 1. The van der Waals surface area contributed by atoms with Crippen LogP contribution in [0.25, 0.3) is 0 Å². The highest BCUT2D eigenvalue weighted by molar-refractivity contribution is 9.10. The van der Waals surface area contributed by atoms with Gasteiger partial charge in [0.25, 0.3) is 0 Å². The van der Waals surface area contributed by atoms with Crippen molar-refractivity contribution >= 4 is 15.9 Å². The van der Waals surface area contributed by atoms with E-state index in [1.807, 2.05) is 6.92 Å². The number of hydrogen-bond donors (Lipinski definition) is 1. The van der Waals surface area contributed by atoms with Gasteiger partial charge in [0.05, 0.1) is 15.9 Å². The molecule has 0 saturated heterocycles. The number of aryl methyl sites for hydroxylation is 3. The quantitative estimate of drug-likeness (QED) is 0.890. The first-order valence-corrected chi connectivity index (χ1v) is 7.84. The minimum atomic E-state index is 0.322. The number of halogens is 1. The molecule has 3 nitrogen and oxygen atoms in total. The van der Waals surface area contributed by atoms with Crippen LogP contribution in [0.3, 0.4) is 0 Å². The summed E-state index contributed by atoms with van der Waals surface area (Å²) in [7, 11) is 0. The van der Waals surface area contributed by atoms with E-state index in [1.165, 1.54) is 16.8 Å². The SMILES string of the molecule is CCn1nc(C)c(Br)c1CN[C@@H](C)c1cccc(C)c1. The number of hydrogen-bond acceptors (Lipinski definition) is 2. The average molecular weight is 336 g/mol. The van der Waals surface area contributed by atoms with E-state index in [1.54, 1.807) is 0 Å². The number of nitrogens with one attached hydrogen (secondary N) is 1. The molecule has 20 heavy (non-hydrogen) atoms. The molecule has 2 aromatic rings. The number of aromatic nitrogens is 2. The summed E-state index contributed by atoms with van der Waals surface area (Å²) in [6.07, 6.45) is 0. The molecule has 1 N–H and O–H groups in total. The Morgan fingerprint density at radius 2 is 2.10 bits per heavy atom. The molecule has 0 unspecified atom stereocenters. The van der Waals surface area contributed by atoms with Gasteiger partial charge in [-0.1, -0.05) is 29.8 Å². The van der Waals surface area contributed by atoms with Gasteiger partial charge in [0.1, 0.15) is 0 Å². The van der Waals surface area contributed by atoms with Gasteiger partial charge >= 0.3 is 0 Å². The molecule has 0 radical (unpaired) electrons. The second-order valence-electron chi connectivity index (χ2n) is 5.18. The van der Waals surface area contributed by atoms with Gasteiger partial charge in [0.2, 0.25) is 0 Å². The third kappa shape index (κ3) is 3.30. The first-order chi connectivity index (χ1) is 9.52. The van der Waals surface area contributed by atoms with Gasteiger partial charge < -0.3 is 5.32 Å². The molecule has 1 aromatic heterocycles. The summed E-state index contributed by atoms with van der Waals surface area (Å²) in [4.78, 5) is 0. The third-order valence-electron chi connectivity index (χ3n) is 3.57. The maximum absolute atomic E-state index is 4.52. The van der Waals surface area contributed by atoms with Crippen molar-refractivity contribution in [2.24, 2.45) is 0 Å². The first-order valence-electron chi connectivity index (χ1n) is 7.04. The van der Waals surface area contributed by atoms with Crippen molar-refractivity contribution in [1.82, 2.24) is 15.1 Å². The van der Waals surface area contributed by atoms with Crippen molar-refractivity contribution in [2.45, 2.75) is 46.8 Å². The van der Waals surface area contributed by atoms with Gasteiger partial charge in [-0.05, 0) is 49.2 Å². The Hall–Kier alpha value is -1.13. The molecule has 0 spiro atoms. The van der Waals surface area contributed by atoms with Crippen LogP contribution in [0.1, 0.15) is 42.4 Å². The first kappa shape index (κ1) is 15.3. The van der Waals surface area contributed by atoms with Gasteiger partial charge in [0, 0.05) is 19.1 Å². The monoisotopic (exact) mass is 335 g/mol. The fourth-order valence-corrected chi connectivity index (χ4v) is 2.77. The van der Waals surface area contributed by atoms with Gasteiger partial charge in [-0.2, -0.15) is 5.10 Å². The van der Waals surface area contributed by atoms with Crippen LogP contribution < -0.4 is 5.32 Å². The van der Waals surface area contributed by atoms with E-state index in [-0.39, 0.29) is 0 Å². The minimum Gasteiger partial charge on any atom is -0.305 e. The summed E-state index contributed by atoms with van der Waals surface area (Å²) < 4.78 is 3.17. The molecule has 0 amide bonds. The second kappa shape index (κ2) is 6.55. The van der Waals surface area contributed by atoms with Gasteiger partial charge in [0.15, 0.2) is 0 Å². The van der Waals surface area contributed by atoms with Crippen LogP contribution in [-0.4, -0.2) is 9.78 Å². The molecule has 0 fully saturated rings. The lowest BCUT2D eigenvalue weighted by Gasteiger charge is -2.15. The molecule has 0 bridgehead atoms. The third-order valence-corrected chi connectivity index (χ3v) is 4.60. The molecular weight excluding hydrogens is 314 g/mol. The molecule has 4 heteroatoms. The zero-order valence-corrected chi connectivity index (χ0v) is 14.2. The Labute approximate surface area is 129 Å². The maximum atomic E-state index is 4.52. The summed E-state index contributed by atoms with van der Waals surface area (Å²) in [5.74, 6) is 0. The fraction of sp³-hybridized carbons (Fsp3) is 0.438. The molecule has 1 aromatic carbocycles. The van der Waals surface area contributed by atoms with Crippen molar-refractivity contribution in [3.05, 3.63) is 51.3 Å². The molecule has 0 aliphatic heterocycles. The van der Waals surface area contributed by atoms with Crippen molar-refractivity contribution in [1.29, 1.82) is 0 Å². The Bertz CT molecular complexity index is 589. The zero-order valence-electron chi connectivity index (χ0n) is 12.6. The minimum absolute atomic E-state index is 0.322. The summed E-state index contributed by atoms with van der Waals surface area (Å²) in [5.41, 5.74) is 4.88. The molecule has 0 saturated carbocycles. The lowest BCUT2D eigenvalue weighted by molar-refractivity contribution is 0.529. The lowest BCUT2D eigenvalue weighted by Crippen LogP contribution is -2.20. The zero-order chi connectivity index (χ0) is 14.7. The van der Waals surface area contributed by atoms with Gasteiger partial charge in [-0.3, -0.25) is 4.68 Å². The average Bonchev–Trinajstić information content (AvgIpc) is 2.71. The summed E-state index contributed by atoms with van der Waals surface area (Å²) >= 11 is 3.64. The fourth-order valence-electron chi connectivity index (χ4n) is 2.34. The van der Waals surface area contributed by atoms with Gasteiger partial charge in [-0.25, -0.2) is 0 Å². The van der Waals surface area contributed by atoms with E-state index in [0.29, 0.717) is 6.04 Å². The molecule has 108 valence electrons. The normalized spacial score (nSPS) is 12.7. The van der Waals surface area contributed by atoms with Crippen LogP contribution in [0.4, 0.5) is 0 Å². The highest BCUT2D eigenvalue weighted by Gasteiger charge is 2.13. The molecule has 0 aliphatic carbocycles. The Morgan fingerprint density at radius 3 is 2.75 bits per heavy atom. The molecule has 0 aliphatic rings. The smallest absolute Gasteiger partial charge is 0.0739 e. The highest BCUT2D eigenvalue weighted by atomic mass is 79.9. The Kier molecular flexibility index (Phi) is 5.00. The maximum Gasteiger partial charge on any atom is 0.0739 e. The Morgan fingerprint density at radius 1 is 1.35 bits per heavy atom.